The minimum absolute atomic E-state index is 0.830. The minimum atomic E-state index is 0.830. The third kappa shape index (κ3) is 2.83. The fraction of sp³-hybridized carbons (Fsp3) is 0.235. The predicted octanol–water partition coefficient (Wildman–Crippen LogP) is 3.68. The van der Waals surface area contributed by atoms with Crippen molar-refractivity contribution in [3.63, 3.8) is 0 Å². The molecule has 1 aliphatic heterocycles. The molecule has 0 bridgehead atoms. The molecule has 2 aromatic heterocycles. The molecular weight excluding hydrogens is 401 g/mol. The van der Waals surface area contributed by atoms with E-state index in [-0.39, 0.29) is 0 Å². The maximum atomic E-state index is 4.85. The number of rotatable bonds is 2. The number of halogens is 1. The number of aromatic nitrogens is 4. The van der Waals surface area contributed by atoms with E-state index < -0.39 is 0 Å². The van der Waals surface area contributed by atoms with Crippen molar-refractivity contribution < 1.29 is 0 Å². The van der Waals surface area contributed by atoms with E-state index in [0.29, 0.717) is 0 Å². The number of anilines is 1. The van der Waals surface area contributed by atoms with Gasteiger partial charge in [0.25, 0.3) is 0 Å². The number of benzene rings is 1. The maximum absolute atomic E-state index is 4.85. The molecule has 0 atom stereocenters. The van der Waals surface area contributed by atoms with Crippen LogP contribution in [0.4, 0.5) is 5.82 Å². The molecule has 0 saturated heterocycles. The highest BCUT2D eigenvalue weighted by molar-refractivity contribution is 14.1. The lowest BCUT2D eigenvalue weighted by Gasteiger charge is -2.09. The Morgan fingerprint density at radius 2 is 1.96 bits per heavy atom. The summed E-state index contributed by atoms with van der Waals surface area (Å²) in [5.74, 6) is 1.09. The molecule has 1 aliphatic rings. The Morgan fingerprint density at radius 3 is 2.74 bits per heavy atom. The van der Waals surface area contributed by atoms with Gasteiger partial charge in [-0.05, 0) is 66.1 Å². The van der Waals surface area contributed by atoms with Gasteiger partial charge in [0.2, 0.25) is 0 Å². The highest BCUT2D eigenvalue weighted by Gasteiger charge is 2.22. The van der Waals surface area contributed by atoms with E-state index in [1.54, 1.807) is 18.6 Å². The molecule has 1 N–H and O–H groups in total. The van der Waals surface area contributed by atoms with Gasteiger partial charge in [-0.3, -0.25) is 9.97 Å². The number of fused-ring (bicyclic) bond motifs is 1. The van der Waals surface area contributed by atoms with Crippen molar-refractivity contribution in [1.29, 1.82) is 0 Å². The Kier molecular flexibility index (Phi) is 3.99. The van der Waals surface area contributed by atoms with Crippen LogP contribution in [-0.2, 0) is 6.42 Å². The Morgan fingerprint density at radius 1 is 1.09 bits per heavy atom. The van der Waals surface area contributed by atoms with Gasteiger partial charge in [0.1, 0.15) is 17.2 Å². The first-order chi connectivity index (χ1) is 11.3. The van der Waals surface area contributed by atoms with Crippen molar-refractivity contribution in [1.82, 2.24) is 19.7 Å². The molecule has 3 heterocycles. The van der Waals surface area contributed by atoms with Gasteiger partial charge >= 0.3 is 0 Å². The SMILES string of the molecule is Ic1ccc(-n2nc(-c3cnccn3)c3c2NCCCC3)cc1. The molecule has 3 aromatic rings. The highest BCUT2D eigenvalue weighted by Crippen LogP contribution is 2.32. The molecule has 6 heteroatoms. The smallest absolute Gasteiger partial charge is 0.133 e. The van der Waals surface area contributed by atoms with Gasteiger partial charge in [-0.2, -0.15) is 5.10 Å². The predicted molar refractivity (Wildman–Crippen MR) is 98.7 cm³/mol. The van der Waals surface area contributed by atoms with Crippen LogP contribution in [-0.4, -0.2) is 26.3 Å². The summed E-state index contributed by atoms with van der Waals surface area (Å²) in [5.41, 5.74) is 4.06. The number of hydrogen-bond acceptors (Lipinski definition) is 4. The summed E-state index contributed by atoms with van der Waals surface area (Å²) in [5, 5.41) is 8.40. The van der Waals surface area contributed by atoms with Crippen molar-refractivity contribution in [2.45, 2.75) is 19.3 Å². The summed E-state index contributed by atoms with van der Waals surface area (Å²) in [6, 6.07) is 8.40. The van der Waals surface area contributed by atoms with Crippen LogP contribution >= 0.6 is 22.6 Å². The first-order valence-corrected chi connectivity index (χ1v) is 8.79. The molecule has 0 radical (unpaired) electrons. The largest absolute Gasteiger partial charge is 0.370 e. The van der Waals surface area contributed by atoms with Crippen molar-refractivity contribution in [3.8, 4) is 17.1 Å². The van der Waals surface area contributed by atoms with Crippen LogP contribution in [0.3, 0.4) is 0 Å². The highest BCUT2D eigenvalue weighted by atomic mass is 127. The van der Waals surface area contributed by atoms with Gasteiger partial charge in [0.05, 0.1) is 11.9 Å². The molecule has 5 nitrogen and oxygen atoms in total. The first kappa shape index (κ1) is 14.6. The summed E-state index contributed by atoms with van der Waals surface area (Å²) in [6.45, 7) is 0.975. The third-order valence-corrected chi connectivity index (χ3v) is 4.73. The zero-order chi connectivity index (χ0) is 15.6. The summed E-state index contributed by atoms with van der Waals surface area (Å²) < 4.78 is 3.22. The lowest BCUT2D eigenvalue weighted by Crippen LogP contribution is -2.07. The van der Waals surface area contributed by atoms with Crippen molar-refractivity contribution in [2.24, 2.45) is 0 Å². The fourth-order valence-corrected chi connectivity index (χ4v) is 3.26. The van der Waals surface area contributed by atoms with E-state index in [9.17, 15) is 0 Å². The standard InChI is InChI=1S/C17H16IN5/c18-12-4-6-13(7-5-12)23-17-14(3-1-2-8-21-17)16(22-23)15-11-19-9-10-20-15/h4-7,9-11,21H,1-3,8H2. The second kappa shape index (κ2) is 6.27. The second-order valence-corrected chi connectivity index (χ2v) is 6.78. The van der Waals surface area contributed by atoms with Crippen LogP contribution in [0, 0.1) is 3.57 Å². The molecule has 23 heavy (non-hydrogen) atoms. The molecule has 0 saturated carbocycles. The Labute approximate surface area is 148 Å². The third-order valence-electron chi connectivity index (χ3n) is 4.01. The van der Waals surface area contributed by atoms with Gasteiger partial charge in [0.15, 0.2) is 0 Å². The molecule has 116 valence electrons. The van der Waals surface area contributed by atoms with E-state index in [2.05, 4.69) is 62.1 Å². The van der Waals surface area contributed by atoms with Gasteiger partial charge in [0, 0.05) is 28.1 Å². The summed E-state index contributed by atoms with van der Waals surface area (Å²) >= 11 is 2.32. The summed E-state index contributed by atoms with van der Waals surface area (Å²) in [4.78, 5) is 8.64. The molecule has 0 spiro atoms. The van der Waals surface area contributed by atoms with E-state index in [0.717, 1.165) is 42.3 Å². The Bertz CT molecular complexity index is 811. The lowest BCUT2D eigenvalue weighted by atomic mass is 10.1. The van der Waals surface area contributed by atoms with Crippen LogP contribution in [0.1, 0.15) is 18.4 Å². The van der Waals surface area contributed by atoms with Crippen molar-refractivity contribution in [3.05, 3.63) is 52.0 Å². The average molecular weight is 417 g/mol. The number of hydrogen-bond donors (Lipinski definition) is 1. The van der Waals surface area contributed by atoms with Crippen LogP contribution in [0.25, 0.3) is 17.1 Å². The first-order valence-electron chi connectivity index (χ1n) is 7.71. The van der Waals surface area contributed by atoms with E-state index in [1.165, 1.54) is 15.6 Å². The van der Waals surface area contributed by atoms with Gasteiger partial charge in [-0.1, -0.05) is 0 Å². The molecule has 4 rings (SSSR count). The molecule has 0 fully saturated rings. The van der Waals surface area contributed by atoms with E-state index in [4.69, 9.17) is 5.10 Å². The topological polar surface area (TPSA) is 55.6 Å². The average Bonchev–Trinajstić information content (AvgIpc) is 2.78. The monoisotopic (exact) mass is 417 g/mol. The quantitative estimate of drug-likeness (QED) is 0.647. The fourth-order valence-electron chi connectivity index (χ4n) is 2.90. The minimum Gasteiger partial charge on any atom is -0.370 e. The molecular formula is C17H16IN5. The molecule has 0 amide bonds. The lowest BCUT2D eigenvalue weighted by molar-refractivity contribution is 0.779. The number of nitrogens with one attached hydrogen (secondary N) is 1. The molecule has 0 aliphatic carbocycles. The number of nitrogens with zero attached hydrogens (tertiary/aromatic N) is 4. The zero-order valence-corrected chi connectivity index (χ0v) is 14.7. The Hall–Kier alpha value is -1.96. The molecule has 1 aromatic carbocycles. The van der Waals surface area contributed by atoms with Gasteiger partial charge in [-0.25, -0.2) is 4.68 Å². The normalized spacial score (nSPS) is 14.0. The van der Waals surface area contributed by atoms with Gasteiger partial charge < -0.3 is 5.32 Å². The van der Waals surface area contributed by atoms with Crippen LogP contribution in [0.5, 0.6) is 0 Å². The van der Waals surface area contributed by atoms with Crippen molar-refractivity contribution in [2.75, 3.05) is 11.9 Å². The maximum Gasteiger partial charge on any atom is 0.133 e. The zero-order valence-electron chi connectivity index (χ0n) is 12.5. The Balaban J connectivity index is 1.89. The van der Waals surface area contributed by atoms with E-state index in [1.807, 2.05) is 4.68 Å². The van der Waals surface area contributed by atoms with Crippen LogP contribution in [0.2, 0.25) is 0 Å². The molecule has 0 unspecified atom stereocenters. The second-order valence-electron chi connectivity index (χ2n) is 5.54. The summed E-state index contributed by atoms with van der Waals surface area (Å²) in [6.07, 6.45) is 8.53. The van der Waals surface area contributed by atoms with Gasteiger partial charge in [-0.15, -0.1) is 0 Å². The van der Waals surface area contributed by atoms with Crippen molar-refractivity contribution >= 4 is 28.4 Å². The van der Waals surface area contributed by atoms with E-state index >= 15 is 0 Å². The summed E-state index contributed by atoms with van der Waals surface area (Å²) in [7, 11) is 0. The van der Waals surface area contributed by atoms with Crippen LogP contribution in [0.15, 0.2) is 42.9 Å². The van der Waals surface area contributed by atoms with Crippen LogP contribution < -0.4 is 5.32 Å².